The maximum Gasteiger partial charge on any atom is 0.180 e. The molecule has 0 saturated carbocycles. The maximum atomic E-state index is 6.46. The molecule has 0 fully saturated rings. The lowest BCUT2D eigenvalue weighted by atomic mass is 10.1. The van der Waals surface area contributed by atoms with Crippen LogP contribution < -0.4 is 14.8 Å². The molecule has 0 amide bonds. The molecule has 0 aromatic heterocycles. The molecule has 1 N–H and O–H groups in total. The van der Waals surface area contributed by atoms with Crippen LogP contribution in [0, 0.1) is 6.92 Å². The third-order valence-corrected chi connectivity index (χ3v) is 5.06. The van der Waals surface area contributed by atoms with Crippen LogP contribution in [0.15, 0.2) is 54.6 Å². The first kappa shape index (κ1) is 20.7. The van der Waals surface area contributed by atoms with E-state index in [2.05, 4.69) is 24.4 Å². The molecule has 3 rings (SSSR count). The summed E-state index contributed by atoms with van der Waals surface area (Å²) in [6.45, 7) is 2.93. The van der Waals surface area contributed by atoms with E-state index in [-0.39, 0.29) is 6.61 Å². The maximum absolute atomic E-state index is 6.46. The van der Waals surface area contributed by atoms with Crippen molar-refractivity contribution >= 4 is 40.5 Å². The Morgan fingerprint density at radius 1 is 0.929 bits per heavy atom. The lowest BCUT2D eigenvalue weighted by Crippen LogP contribution is -2.03. The molecule has 0 aliphatic heterocycles. The van der Waals surface area contributed by atoms with Crippen molar-refractivity contribution in [2.24, 2.45) is 0 Å². The number of halogens is 3. The summed E-state index contributed by atoms with van der Waals surface area (Å²) >= 11 is 18.6. The van der Waals surface area contributed by atoms with Crippen LogP contribution in [-0.4, -0.2) is 7.11 Å². The molecule has 3 aromatic rings. The van der Waals surface area contributed by atoms with Crippen LogP contribution in [0.1, 0.15) is 16.7 Å². The van der Waals surface area contributed by atoms with E-state index in [0.29, 0.717) is 33.1 Å². The standard InChI is InChI=1S/C22H20Cl3NO2/c1-14-4-3-5-18(8-14)26-12-15-9-20(25)22(21(10-15)27-2)28-13-16-6-7-17(23)11-19(16)24/h3-11,26H,12-13H2,1-2H3. The summed E-state index contributed by atoms with van der Waals surface area (Å²) in [5, 5.41) is 4.98. The zero-order valence-corrected chi connectivity index (χ0v) is 17.8. The smallest absolute Gasteiger partial charge is 0.180 e. The Morgan fingerprint density at radius 3 is 2.46 bits per heavy atom. The molecular weight excluding hydrogens is 417 g/mol. The number of benzene rings is 3. The predicted octanol–water partition coefficient (Wildman–Crippen LogP) is 7.15. The van der Waals surface area contributed by atoms with Gasteiger partial charge in [-0.05, 0) is 54.4 Å². The minimum absolute atomic E-state index is 0.257. The fraction of sp³-hybridized carbons (Fsp3) is 0.182. The van der Waals surface area contributed by atoms with E-state index in [1.807, 2.05) is 30.3 Å². The average molecular weight is 437 g/mol. The van der Waals surface area contributed by atoms with Gasteiger partial charge in [0.05, 0.1) is 12.1 Å². The Hall–Kier alpha value is -2.07. The van der Waals surface area contributed by atoms with Crippen LogP contribution in [0.3, 0.4) is 0 Å². The summed E-state index contributed by atoms with van der Waals surface area (Å²) in [5.41, 5.74) is 4.05. The second-order valence-electron chi connectivity index (χ2n) is 6.36. The van der Waals surface area contributed by atoms with Gasteiger partial charge in [-0.25, -0.2) is 0 Å². The number of hydrogen-bond donors (Lipinski definition) is 1. The molecule has 0 heterocycles. The van der Waals surface area contributed by atoms with Gasteiger partial charge in [-0.3, -0.25) is 0 Å². The van der Waals surface area contributed by atoms with Gasteiger partial charge in [0.15, 0.2) is 11.5 Å². The van der Waals surface area contributed by atoms with E-state index in [0.717, 1.165) is 16.8 Å². The molecule has 28 heavy (non-hydrogen) atoms. The molecule has 146 valence electrons. The quantitative estimate of drug-likeness (QED) is 0.426. The zero-order chi connectivity index (χ0) is 20.1. The van der Waals surface area contributed by atoms with Gasteiger partial charge in [-0.15, -0.1) is 0 Å². The summed E-state index contributed by atoms with van der Waals surface area (Å²) in [5.74, 6) is 1.05. The first-order chi connectivity index (χ1) is 13.5. The zero-order valence-electron chi connectivity index (χ0n) is 15.6. The molecule has 0 aliphatic carbocycles. The van der Waals surface area contributed by atoms with Crippen LogP contribution in [0.4, 0.5) is 5.69 Å². The summed E-state index contributed by atoms with van der Waals surface area (Å²) in [6, 6.07) is 17.2. The molecule has 6 heteroatoms. The Morgan fingerprint density at radius 2 is 1.75 bits per heavy atom. The fourth-order valence-electron chi connectivity index (χ4n) is 2.76. The van der Waals surface area contributed by atoms with Gasteiger partial charge in [0.1, 0.15) is 6.61 Å². The molecule has 0 atom stereocenters. The Labute approximate surface area is 180 Å². The van der Waals surface area contributed by atoms with Crippen LogP contribution >= 0.6 is 34.8 Å². The molecule has 0 bridgehead atoms. The highest BCUT2D eigenvalue weighted by molar-refractivity contribution is 6.35. The highest BCUT2D eigenvalue weighted by atomic mass is 35.5. The van der Waals surface area contributed by atoms with Crippen molar-refractivity contribution in [3.8, 4) is 11.5 Å². The molecule has 0 spiro atoms. The van der Waals surface area contributed by atoms with Gasteiger partial charge < -0.3 is 14.8 Å². The van der Waals surface area contributed by atoms with E-state index < -0.39 is 0 Å². The highest BCUT2D eigenvalue weighted by Crippen LogP contribution is 2.37. The van der Waals surface area contributed by atoms with Crippen LogP contribution in [0.25, 0.3) is 0 Å². The van der Waals surface area contributed by atoms with Crippen LogP contribution in [0.2, 0.25) is 15.1 Å². The Balaban J connectivity index is 1.73. The van der Waals surface area contributed by atoms with Gasteiger partial charge in [0, 0.05) is 27.8 Å². The lowest BCUT2D eigenvalue weighted by Gasteiger charge is -2.15. The fourth-order valence-corrected chi connectivity index (χ4v) is 3.51. The third kappa shape index (κ3) is 5.26. The van der Waals surface area contributed by atoms with Crippen molar-refractivity contribution in [2.75, 3.05) is 12.4 Å². The van der Waals surface area contributed by atoms with Crippen molar-refractivity contribution < 1.29 is 9.47 Å². The first-order valence-corrected chi connectivity index (χ1v) is 9.83. The molecule has 0 radical (unpaired) electrons. The molecular formula is C22H20Cl3NO2. The van der Waals surface area contributed by atoms with Crippen molar-refractivity contribution in [1.82, 2.24) is 0 Å². The van der Waals surface area contributed by atoms with Crippen molar-refractivity contribution in [3.05, 3.63) is 86.4 Å². The number of rotatable bonds is 7. The van der Waals surface area contributed by atoms with Crippen molar-refractivity contribution in [2.45, 2.75) is 20.1 Å². The van der Waals surface area contributed by atoms with Gasteiger partial charge in [0.2, 0.25) is 0 Å². The molecule has 0 aliphatic rings. The van der Waals surface area contributed by atoms with E-state index in [4.69, 9.17) is 44.3 Å². The van der Waals surface area contributed by atoms with E-state index in [9.17, 15) is 0 Å². The van der Waals surface area contributed by atoms with Gasteiger partial charge in [0.25, 0.3) is 0 Å². The van der Waals surface area contributed by atoms with E-state index >= 15 is 0 Å². The lowest BCUT2D eigenvalue weighted by molar-refractivity contribution is 0.284. The summed E-state index contributed by atoms with van der Waals surface area (Å²) < 4.78 is 11.4. The highest BCUT2D eigenvalue weighted by Gasteiger charge is 2.13. The normalized spacial score (nSPS) is 10.6. The van der Waals surface area contributed by atoms with Crippen LogP contribution in [0.5, 0.6) is 11.5 Å². The monoisotopic (exact) mass is 435 g/mol. The minimum atomic E-state index is 0.257. The van der Waals surface area contributed by atoms with E-state index in [1.54, 1.807) is 19.2 Å². The van der Waals surface area contributed by atoms with Crippen LogP contribution in [-0.2, 0) is 13.2 Å². The number of anilines is 1. The van der Waals surface area contributed by atoms with E-state index in [1.165, 1.54) is 5.56 Å². The first-order valence-electron chi connectivity index (χ1n) is 8.70. The third-order valence-electron chi connectivity index (χ3n) is 4.19. The average Bonchev–Trinajstić information content (AvgIpc) is 2.66. The summed E-state index contributed by atoms with van der Waals surface area (Å²) in [6.07, 6.45) is 0. The van der Waals surface area contributed by atoms with Gasteiger partial charge in [-0.2, -0.15) is 0 Å². The molecule has 0 saturated heterocycles. The number of methoxy groups -OCH3 is 1. The number of hydrogen-bond acceptors (Lipinski definition) is 3. The largest absolute Gasteiger partial charge is 0.493 e. The van der Waals surface area contributed by atoms with Crippen molar-refractivity contribution in [3.63, 3.8) is 0 Å². The second-order valence-corrected chi connectivity index (χ2v) is 7.61. The number of aryl methyl sites for hydroxylation is 1. The topological polar surface area (TPSA) is 30.5 Å². The number of ether oxygens (including phenoxy) is 2. The summed E-state index contributed by atoms with van der Waals surface area (Å²) in [7, 11) is 1.59. The number of nitrogens with one attached hydrogen (secondary N) is 1. The van der Waals surface area contributed by atoms with Crippen molar-refractivity contribution in [1.29, 1.82) is 0 Å². The molecule has 3 aromatic carbocycles. The SMILES string of the molecule is COc1cc(CNc2cccc(C)c2)cc(Cl)c1OCc1ccc(Cl)cc1Cl. The molecule has 0 unspecified atom stereocenters. The Kier molecular flexibility index (Phi) is 6.95. The Bertz CT molecular complexity index is 976. The van der Waals surface area contributed by atoms with Gasteiger partial charge >= 0.3 is 0 Å². The van der Waals surface area contributed by atoms with Gasteiger partial charge in [-0.1, -0.05) is 53.0 Å². The summed E-state index contributed by atoms with van der Waals surface area (Å²) in [4.78, 5) is 0. The molecule has 3 nitrogen and oxygen atoms in total. The minimum Gasteiger partial charge on any atom is -0.493 e. The second kappa shape index (κ2) is 9.42. The predicted molar refractivity (Wildman–Crippen MR) is 117 cm³/mol.